The van der Waals surface area contributed by atoms with E-state index in [4.69, 9.17) is 0 Å². The second-order valence-electron chi connectivity index (χ2n) is 7.97. The summed E-state index contributed by atoms with van der Waals surface area (Å²) >= 11 is 0. The molecule has 2 aromatic carbocycles. The molecule has 0 spiro atoms. The Morgan fingerprint density at radius 1 is 0.808 bits per heavy atom. The van der Waals surface area contributed by atoms with E-state index in [9.17, 15) is 4.79 Å². The third-order valence-electron chi connectivity index (χ3n) is 6.70. The van der Waals surface area contributed by atoms with Crippen LogP contribution >= 0.6 is 0 Å². The number of hydrogen-bond donors (Lipinski definition) is 0. The molecule has 0 radical (unpaired) electrons. The van der Waals surface area contributed by atoms with E-state index in [2.05, 4.69) is 64.4 Å². The summed E-state index contributed by atoms with van der Waals surface area (Å²) in [4.78, 5) is 18.1. The van der Waals surface area contributed by atoms with Crippen LogP contribution in [0.25, 0.3) is 0 Å². The molecule has 0 aromatic heterocycles. The number of anilines is 1. The Hall–Kier alpha value is -2.13. The highest BCUT2D eigenvalue weighted by Crippen LogP contribution is 2.43. The minimum Gasteiger partial charge on any atom is -0.369 e. The summed E-state index contributed by atoms with van der Waals surface area (Å²) in [6, 6.07) is 19.7. The lowest BCUT2D eigenvalue weighted by atomic mass is 9.66. The standard InChI is InChI=1S/C23H26N2O/c26-23-20-10-11-22(21(23)16-17-6-4-5-9-19(17)20)25-14-12-24(13-15-25)18-7-2-1-3-8-18/h1-9,20-22H,10-16H2/t20-,21-,22-/m1/s1. The molecule has 2 bridgehead atoms. The Morgan fingerprint density at radius 2 is 1.54 bits per heavy atom. The number of carbonyl (C=O) groups excluding carboxylic acids is 1. The van der Waals surface area contributed by atoms with E-state index in [0.29, 0.717) is 11.8 Å². The molecule has 0 amide bonds. The SMILES string of the molecule is O=C1[C@@H]2CC[C@@H](N3CCN(c4ccccc4)CC3)[C@H]1Cc1ccccc12. The maximum atomic E-state index is 13.1. The van der Waals surface area contributed by atoms with Crippen molar-refractivity contribution in [2.45, 2.75) is 31.2 Å². The van der Waals surface area contributed by atoms with Gasteiger partial charge in [-0.2, -0.15) is 0 Å². The third-order valence-corrected chi connectivity index (χ3v) is 6.70. The van der Waals surface area contributed by atoms with Gasteiger partial charge in [-0.1, -0.05) is 42.5 Å². The van der Waals surface area contributed by atoms with Crippen LogP contribution in [0.5, 0.6) is 0 Å². The number of para-hydroxylation sites is 1. The number of nitrogens with zero attached hydrogens (tertiary/aromatic N) is 2. The van der Waals surface area contributed by atoms with E-state index in [1.54, 1.807) is 0 Å². The first-order chi connectivity index (χ1) is 12.8. The molecule has 0 N–H and O–H groups in total. The van der Waals surface area contributed by atoms with Gasteiger partial charge >= 0.3 is 0 Å². The number of fused-ring (bicyclic) bond motifs is 4. The second kappa shape index (κ2) is 6.55. The number of benzene rings is 2. The summed E-state index contributed by atoms with van der Waals surface area (Å²) < 4.78 is 0. The summed E-state index contributed by atoms with van der Waals surface area (Å²) in [6.07, 6.45) is 3.13. The van der Waals surface area contributed by atoms with Gasteiger partial charge in [0.15, 0.2) is 0 Å². The first-order valence-electron chi connectivity index (χ1n) is 9.97. The Kier molecular flexibility index (Phi) is 4.05. The predicted octanol–water partition coefficient (Wildman–Crippen LogP) is 3.50. The van der Waals surface area contributed by atoms with E-state index in [1.807, 2.05) is 0 Å². The maximum Gasteiger partial charge on any atom is 0.145 e. The van der Waals surface area contributed by atoms with E-state index in [1.165, 1.54) is 23.2 Å². The molecule has 5 rings (SSSR count). The first kappa shape index (κ1) is 16.1. The van der Waals surface area contributed by atoms with Gasteiger partial charge in [0.1, 0.15) is 5.78 Å². The van der Waals surface area contributed by atoms with Gasteiger partial charge in [0.2, 0.25) is 0 Å². The summed E-state index contributed by atoms with van der Waals surface area (Å²) in [6.45, 7) is 4.24. The first-order valence-corrected chi connectivity index (χ1v) is 9.97. The Bertz CT molecular complexity index is 795. The van der Waals surface area contributed by atoms with Gasteiger partial charge in [-0.05, 0) is 42.5 Å². The van der Waals surface area contributed by atoms with Crippen molar-refractivity contribution in [2.24, 2.45) is 5.92 Å². The van der Waals surface area contributed by atoms with Crippen molar-refractivity contribution in [3.05, 3.63) is 65.7 Å². The minimum absolute atomic E-state index is 0.159. The molecule has 2 fully saturated rings. The van der Waals surface area contributed by atoms with Crippen LogP contribution in [0.2, 0.25) is 0 Å². The predicted molar refractivity (Wildman–Crippen MR) is 105 cm³/mol. The molecule has 1 saturated heterocycles. The second-order valence-corrected chi connectivity index (χ2v) is 7.97. The Labute approximate surface area is 155 Å². The van der Waals surface area contributed by atoms with Gasteiger partial charge < -0.3 is 4.90 Å². The van der Waals surface area contributed by atoms with E-state index >= 15 is 0 Å². The number of hydrogen-bond acceptors (Lipinski definition) is 3. The molecule has 3 nitrogen and oxygen atoms in total. The van der Waals surface area contributed by atoms with Crippen molar-refractivity contribution in [3.63, 3.8) is 0 Å². The van der Waals surface area contributed by atoms with Crippen LogP contribution in [-0.4, -0.2) is 42.9 Å². The van der Waals surface area contributed by atoms with Crippen molar-refractivity contribution in [1.29, 1.82) is 0 Å². The van der Waals surface area contributed by atoms with Crippen LogP contribution in [0.15, 0.2) is 54.6 Å². The van der Waals surface area contributed by atoms with Crippen molar-refractivity contribution >= 4 is 11.5 Å². The molecule has 3 heteroatoms. The van der Waals surface area contributed by atoms with Crippen molar-refractivity contribution in [1.82, 2.24) is 4.90 Å². The van der Waals surface area contributed by atoms with Crippen LogP contribution in [-0.2, 0) is 11.2 Å². The zero-order chi connectivity index (χ0) is 17.5. The number of Topliss-reactive ketones (excluding diaryl/α,β-unsaturated/α-hetero) is 1. The highest BCUT2D eigenvalue weighted by molar-refractivity contribution is 5.91. The fraction of sp³-hybridized carbons (Fsp3) is 0.435. The van der Waals surface area contributed by atoms with E-state index in [0.717, 1.165) is 39.0 Å². The molecular formula is C23H26N2O. The molecule has 1 saturated carbocycles. The van der Waals surface area contributed by atoms with Gasteiger partial charge in [0, 0.05) is 49.7 Å². The van der Waals surface area contributed by atoms with Crippen LogP contribution < -0.4 is 4.90 Å². The number of carbonyl (C=O) groups is 1. The fourth-order valence-electron chi connectivity index (χ4n) is 5.36. The topological polar surface area (TPSA) is 23.6 Å². The van der Waals surface area contributed by atoms with E-state index in [-0.39, 0.29) is 11.8 Å². The van der Waals surface area contributed by atoms with E-state index < -0.39 is 0 Å². The fourth-order valence-corrected chi connectivity index (χ4v) is 5.36. The minimum atomic E-state index is 0.159. The molecule has 1 aliphatic heterocycles. The highest BCUT2D eigenvalue weighted by Gasteiger charge is 2.45. The molecule has 2 aliphatic carbocycles. The number of rotatable bonds is 2. The van der Waals surface area contributed by atoms with Crippen LogP contribution in [0.4, 0.5) is 5.69 Å². The average molecular weight is 346 g/mol. The zero-order valence-corrected chi connectivity index (χ0v) is 15.2. The monoisotopic (exact) mass is 346 g/mol. The van der Waals surface area contributed by atoms with Crippen molar-refractivity contribution < 1.29 is 4.79 Å². The third kappa shape index (κ3) is 2.66. The van der Waals surface area contributed by atoms with Gasteiger partial charge in [0.05, 0.1) is 0 Å². The molecule has 3 atom stereocenters. The van der Waals surface area contributed by atoms with Crippen LogP contribution in [0.1, 0.15) is 29.9 Å². The normalized spacial score (nSPS) is 28.7. The van der Waals surface area contributed by atoms with Crippen LogP contribution in [0, 0.1) is 5.92 Å². The Morgan fingerprint density at radius 3 is 2.35 bits per heavy atom. The number of ketones is 1. The highest BCUT2D eigenvalue weighted by atomic mass is 16.1. The summed E-state index contributed by atoms with van der Waals surface area (Å²) in [5.41, 5.74) is 4.04. The average Bonchev–Trinajstić information content (AvgIpc) is 2.69. The van der Waals surface area contributed by atoms with Crippen LogP contribution in [0.3, 0.4) is 0 Å². The summed E-state index contributed by atoms with van der Waals surface area (Å²) in [7, 11) is 0. The molecule has 134 valence electrons. The quantitative estimate of drug-likeness (QED) is 0.832. The van der Waals surface area contributed by atoms with Crippen molar-refractivity contribution in [3.8, 4) is 0 Å². The smallest absolute Gasteiger partial charge is 0.145 e. The molecule has 3 aliphatic rings. The van der Waals surface area contributed by atoms with Crippen molar-refractivity contribution in [2.75, 3.05) is 31.1 Å². The largest absolute Gasteiger partial charge is 0.369 e. The summed E-state index contributed by atoms with van der Waals surface area (Å²) in [5.74, 6) is 0.865. The van der Waals surface area contributed by atoms with Gasteiger partial charge in [-0.15, -0.1) is 0 Å². The molecular weight excluding hydrogens is 320 g/mol. The molecule has 2 aromatic rings. The van der Waals surface area contributed by atoms with Gasteiger partial charge in [0.25, 0.3) is 0 Å². The molecule has 1 heterocycles. The van der Waals surface area contributed by atoms with Gasteiger partial charge in [-0.25, -0.2) is 0 Å². The van der Waals surface area contributed by atoms with Gasteiger partial charge in [-0.3, -0.25) is 9.69 Å². The zero-order valence-electron chi connectivity index (χ0n) is 15.2. The molecule has 26 heavy (non-hydrogen) atoms. The summed E-state index contributed by atoms with van der Waals surface area (Å²) in [5, 5.41) is 0. The number of piperazine rings is 1. The Balaban J connectivity index is 1.31. The lowest BCUT2D eigenvalue weighted by molar-refractivity contribution is -0.130. The lowest BCUT2D eigenvalue weighted by Gasteiger charge is -2.47. The lowest BCUT2D eigenvalue weighted by Crippen LogP contribution is -2.56. The molecule has 0 unspecified atom stereocenters. The maximum absolute atomic E-state index is 13.1.